The van der Waals surface area contributed by atoms with Gasteiger partial charge < -0.3 is 14.6 Å². The van der Waals surface area contributed by atoms with Crippen LogP contribution in [0.1, 0.15) is 57.4 Å². The Morgan fingerprint density at radius 3 is 2.35 bits per heavy atom. The minimum Gasteiger partial charge on any atom is -0.497 e. The third-order valence-corrected chi connectivity index (χ3v) is 3.44. The number of aliphatic hydroxyl groups is 1. The molecule has 0 aromatic heterocycles. The molecular weight excluding hydrogens is 252 g/mol. The molecule has 0 radical (unpaired) electrons. The van der Waals surface area contributed by atoms with Crippen LogP contribution in [0.4, 0.5) is 0 Å². The first-order valence-corrected chi connectivity index (χ1v) is 7.72. The fourth-order valence-corrected chi connectivity index (χ4v) is 2.19. The van der Waals surface area contributed by atoms with Crippen LogP contribution < -0.4 is 9.47 Å². The second-order valence-corrected chi connectivity index (χ2v) is 5.10. The van der Waals surface area contributed by atoms with Gasteiger partial charge >= 0.3 is 0 Å². The van der Waals surface area contributed by atoms with Crippen LogP contribution in [-0.2, 0) is 6.61 Å². The van der Waals surface area contributed by atoms with E-state index < -0.39 is 0 Å². The van der Waals surface area contributed by atoms with Crippen LogP contribution in [0, 0.1) is 0 Å². The molecule has 0 saturated heterocycles. The fraction of sp³-hybridized carbons (Fsp3) is 0.647. The number of hydrogen-bond acceptors (Lipinski definition) is 3. The zero-order chi connectivity index (χ0) is 14.6. The third-order valence-electron chi connectivity index (χ3n) is 3.44. The molecule has 0 aliphatic rings. The van der Waals surface area contributed by atoms with Gasteiger partial charge in [0.1, 0.15) is 11.5 Å². The average Bonchev–Trinajstić information content (AvgIpc) is 2.50. The van der Waals surface area contributed by atoms with Crippen LogP contribution in [0.15, 0.2) is 18.2 Å². The van der Waals surface area contributed by atoms with Crippen molar-refractivity contribution in [3.63, 3.8) is 0 Å². The molecule has 1 N–H and O–H groups in total. The summed E-state index contributed by atoms with van der Waals surface area (Å²) in [6.07, 6.45) is 8.91. The minimum absolute atomic E-state index is 0.0243. The molecule has 0 saturated carbocycles. The molecule has 3 nitrogen and oxygen atoms in total. The topological polar surface area (TPSA) is 38.7 Å². The lowest BCUT2D eigenvalue weighted by atomic mass is 10.1. The molecule has 0 atom stereocenters. The summed E-state index contributed by atoms with van der Waals surface area (Å²) < 4.78 is 10.9. The predicted octanol–water partition coefficient (Wildman–Crippen LogP) is 4.32. The largest absolute Gasteiger partial charge is 0.497 e. The molecule has 0 heterocycles. The van der Waals surface area contributed by atoms with Crippen molar-refractivity contribution in [2.75, 3.05) is 13.7 Å². The van der Waals surface area contributed by atoms with E-state index >= 15 is 0 Å². The van der Waals surface area contributed by atoms with Gasteiger partial charge in [0.15, 0.2) is 0 Å². The lowest BCUT2D eigenvalue weighted by Gasteiger charge is -2.11. The Morgan fingerprint density at radius 1 is 1.00 bits per heavy atom. The van der Waals surface area contributed by atoms with E-state index in [1.165, 1.54) is 38.5 Å². The van der Waals surface area contributed by atoms with E-state index in [1.54, 1.807) is 7.11 Å². The zero-order valence-corrected chi connectivity index (χ0v) is 12.9. The summed E-state index contributed by atoms with van der Waals surface area (Å²) in [5.74, 6) is 1.51. The SMILES string of the molecule is CCCCCCCCCOc1ccc(OC)cc1CO. The van der Waals surface area contributed by atoms with Gasteiger partial charge in [-0.15, -0.1) is 0 Å². The molecule has 114 valence electrons. The molecule has 1 aromatic carbocycles. The van der Waals surface area contributed by atoms with Gasteiger partial charge in [0.25, 0.3) is 0 Å². The van der Waals surface area contributed by atoms with E-state index in [9.17, 15) is 5.11 Å². The molecule has 0 unspecified atom stereocenters. The van der Waals surface area contributed by atoms with Gasteiger partial charge in [-0.1, -0.05) is 45.4 Å². The Bertz CT molecular complexity index is 363. The summed E-state index contributed by atoms with van der Waals surface area (Å²) in [7, 11) is 1.62. The number of unbranched alkanes of at least 4 members (excludes halogenated alkanes) is 6. The third kappa shape index (κ3) is 6.29. The van der Waals surface area contributed by atoms with Crippen LogP contribution in [0.3, 0.4) is 0 Å². The number of ether oxygens (including phenoxy) is 2. The highest BCUT2D eigenvalue weighted by Crippen LogP contribution is 2.24. The maximum absolute atomic E-state index is 9.33. The first-order chi connectivity index (χ1) is 9.81. The van der Waals surface area contributed by atoms with E-state index in [2.05, 4.69) is 6.92 Å². The van der Waals surface area contributed by atoms with Crippen molar-refractivity contribution < 1.29 is 14.6 Å². The van der Waals surface area contributed by atoms with Gasteiger partial charge in [-0.3, -0.25) is 0 Å². The highest BCUT2D eigenvalue weighted by atomic mass is 16.5. The number of hydrogen-bond donors (Lipinski definition) is 1. The second-order valence-electron chi connectivity index (χ2n) is 5.10. The Hall–Kier alpha value is -1.22. The number of aliphatic hydroxyl groups excluding tert-OH is 1. The smallest absolute Gasteiger partial charge is 0.125 e. The van der Waals surface area contributed by atoms with Crippen molar-refractivity contribution in [2.24, 2.45) is 0 Å². The van der Waals surface area contributed by atoms with Gasteiger partial charge in [-0.25, -0.2) is 0 Å². The Balaban J connectivity index is 2.21. The van der Waals surface area contributed by atoms with Crippen molar-refractivity contribution in [1.29, 1.82) is 0 Å². The van der Waals surface area contributed by atoms with E-state index in [-0.39, 0.29) is 6.61 Å². The highest BCUT2D eigenvalue weighted by molar-refractivity contribution is 5.39. The van der Waals surface area contributed by atoms with Crippen molar-refractivity contribution in [1.82, 2.24) is 0 Å². The Labute approximate surface area is 122 Å². The maximum atomic E-state index is 9.33. The van der Waals surface area contributed by atoms with Gasteiger partial charge in [-0.2, -0.15) is 0 Å². The molecular formula is C17H28O3. The molecule has 0 aliphatic carbocycles. The molecule has 0 spiro atoms. The second kappa shape index (κ2) is 10.6. The van der Waals surface area contributed by atoms with Gasteiger partial charge in [0.05, 0.1) is 20.3 Å². The highest BCUT2D eigenvalue weighted by Gasteiger charge is 2.04. The molecule has 0 fully saturated rings. The predicted molar refractivity (Wildman–Crippen MR) is 82.4 cm³/mol. The average molecular weight is 280 g/mol. The van der Waals surface area contributed by atoms with E-state index in [1.807, 2.05) is 18.2 Å². The first-order valence-electron chi connectivity index (χ1n) is 7.72. The Morgan fingerprint density at radius 2 is 1.70 bits per heavy atom. The molecule has 1 rings (SSSR count). The number of methoxy groups -OCH3 is 1. The van der Waals surface area contributed by atoms with Crippen LogP contribution in [0.25, 0.3) is 0 Å². The molecule has 20 heavy (non-hydrogen) atoms. The lowest BCUT2D eigenvalue weighted by molar-refractivity contribution is 0.258. The quantitative estimate of drug-likeness (QED) is 0.614. The standard InChI is InChI=1S/C17H28O3/c1-3-4-5-6-7-8-9-12-20-17-11-10-16(19-2)13-15(17)14-18/h10-11,13,18H,3-9,12,14H2,1-2H3. The summed E-state index contributed by atoms with van der Waals surface area (Å²) in [5, 5.41) is 9.33. The summed E-state index contributed by atoms with van der Waals surface area (Å²) in [6.45, 7) is 2.93. The summed E-state index contributed by atoms with van der Waals surface area (Å²) in [6, 6.07) is 5.55. The molecule has 0 bridgehead atoms. The zero-order valence-electron chi connectivity index (χ0n) is 12.9. The monoisotopic (exact) mass is 280 g/mol. The molecule has 0 aliphatic heterocycles. The van der Waals surface area contributed by atoms with Crippen molar-refractivity contribution in [3.05, 3.63) is 23.8 Å². The molecule has 1 aromatic rings. The number of benzene rings is 1. The summed E-state index contributed by atoms with van der Waals surface area (Å²) in [4.78, 5) is 0. The molecule has 3 heteroatoms. The Kier molecular flexibility index (Phi) is 8.88. The molecule has 0 amide bonds. The van der Waals surface area contributed by atoms with E-state index in [0.717, 1.165) is 23.5 Å². The van der Waals surface area contributed by atoms with Crippen LogP contribution >= 0.6 is 0 Å². The minimum atomic E-state index is -0.0243. The van der Waals surface area contributed by atoms with Crippen molar-refractivity contribution in [2.45, 2.75) is 58.5 Å². The van der Waals surface area contributed by atoms with Gasteiger partial charge in [-0.05, 0) is 24.6 Å². The van der Waals surface area contributed by atoms with Gasteiger partial charge in [0, 0.05) is 5.56 Å². The van der Waals surface area contributed by atoms with Gasteiger partial charge in [0.2, 0.25) is 0 Å². The van der Waals surface area contributed by atoms with E-state index in [4.69, 9.17) is 9.47 Å². The van der Waals surface area contributed by atoms with Crippen LogP contribution in [0.5, 0.6) is 11.5 Å². The fourth-order valence-electron chi connectivity index (χ4n) is 2.19. The van der Waals surface area contributed by atoms with E-state index in [0.29, 0.717) is 6.61 Å². The van der Waals surface area contributed by atoms with Crippen LogP contribution in [0.2, 0.25) is 0 Å². The van der Waals surface area contributed by atoms with Crippen molar-refractivity contribution >= 4 is 0 Å². The maximum Gasteiger partial charge on any atom is 0.125 e. The normalized spacial score (nSPS) is 10.6. The first kappa shape index (κ1) is 16.8. The lowest BCUT2D eigenvalue weighted by Crippen LogP contribution is -2.01. The van der Waals surface area contributed by atoms with Crippen molar-refractivity contribution in [3.8, 4) is 11.5 Å². The summed E-state index contributed by atoms with van der Waals surface area (Å²) >= 11 is 0. The summed E-state index contributed by atoms with van der Waals surface area (Å²) in [5.41, 5.74) is 0.785. The number of rotatable bonds is 11. The van der Waals surface area contributed by atoms with Crippen LogP contribution in [-0.4, -0.2) is 18.8 Å².